The van der Waals surface area contributed by atoms with Gasteiger partial charge in [0, 0.05) is 6.04 Å². The van der Waals surface area contributed by atoms with Gasteiger partial charge in [0.2, 0.25) is 0 Å². The van der Waals surface area contributed by atoms with Crippen LogP contribution in [0.1, 0.15) is 51.7 Å². The number of aromatic hydroxyl groups is 1. The third-order valence-corrected chi connectivity index (χ3v) is 9.72. The first-order valence-electron chi connectivity index (χ1n) is 8.92. The van der Waals surface area contributed by atoms with E-state index in [-0.39, 0.29) is 5.04 Å². The van der Waals surface area contributed by atoms with E-state index >= 15 is 0 Å². The fraction of sp³-hybridized carbons (Fsp3) is 0.684. The number of phenolic OH excluding ortho intramolecular Hbond substituents is 1. The molecule has 0 amide bonds. The summed E-state index contributed by atoms with van der Waals surface area (Å²) < 4.78 is 6.48. The zero-order chi connectivity index (χ0) is 17.3. The maximum Gasteiger partial charge on any atom is 0.250 e. The molecule has 0 aliphatic heterocycles. The van der Waals surface area contributed by atoms with Crippen LogP contribution in [0, 0.1) is 0 Å². The van der Waals surface area contributed by atoms with E-state index in [1.54, 1.807) is 0 Å². The molecule has 0 radical (unpaired) electrons. The summed E-state index contributed by atoms with van der Waals surface area (Å²) in [5.41, 5.74) is 2.56. The highest BCUT2D eigenvalue weighted by atomic mass is 28.4. The van der Waals surface area contributed by atoms with Gasteiger partial charge in [0.15, 0.2) is 5.75 Å². The monoisotopic (exact) mass is 335 g/mol. The second-order valence-corrected chi connectivity index (χ2v) is 13.0. The van der Waals surface area contributed by atoms with E-state index in [1.165, 1.54) is 17.5 Å². The fourth-order valence-corrected chi connectivity index (χ4v) is 3.90. The van der Waals surface area contributed by atoms with Crippen molar-refractivity contribution in [3.63, 3.8) is 0 Å². The van der Waals surface area contributed by atoms with Crippen LogP contribution in [0.25, 0.3) is 0 Å². The molecule has 130 valence electrons. The minimum absolute atomic E-state index is 0.127. The van der Waals surface area contributed by atoms with Crippen LogP contribution in [0.3, 0.4) is 0 Å². The molecule has 1 aromatic rings. The van der Waals surface area contributed by atoms with Gasteiger partial charge in [0.05, 0.1) is 0 Å². The van der Waals surface area contributed by atoms with Crippen LogP contribution in [-0.2, 0) is 12.8 Å². The van der Waals surface area contributed by atoms with Crippen molar-refractivity contribution < 1.29 is 9.53 Å². The number of benzene rings is 1. The van der Waals surface area contributed by atoms with Crippen molar-refractivity contribution in [3.05, 3.63) is 23.3 Å². The quantitative estimate of drug-likeness (QED) is 0.771. The Morgan fingerprint density at radius 3 is 2.61 bits per heavy atom. The highest BCUT2D eigenvalue weighted by molar-refractivity contribution is 6.74. The Morgan fingerprint density at radius 2 is 2.00 bits per heavy atom. The normalized spacial score (nSPS) is 18.6. The number of nitrogens with one attached hydrogen (secondary N) is 1. The Morgan fingerprint density at radius 1 is 1.30 bits per heavy atom. The molecule has 2 rings (SSSR count). The molecule has 23 heavy (non-hydrogen) atoms. The molecule has 1 aliphatic rings. The summed E-state index contributed by atoms with van der Waals surface area (Å²) in [6.07, 6.45) is 4.29. The van der Waals surface area contributed by atoms with Gasteiger partial charge in [0.25, 0.3) is 8.32 Å². The van der Waals surface area contributed by atoms with Gasteiger partial charge < -0.3 is 14.8 Å². The van der Waals surface area contributed by atoms with Gasteiger partial charge in [-0.05, 0) is 67.6 Å². The van der Waals surface area contributed by atoms with Gasteiger partial charge in [-0.25, -0.2) is 0 Å². The maximum atomic E-state index is 10.4. The average Bonchev–Trinajstić information content (AvgIpc) is 2.46. The summed E-state index contributed by atoms with van der Waals surface area (Å²) in [5, 5.41) is 14.1. The number of hydrogen-bond donors (Lipinski definition) is 2. The minimum Gasteiger partial charge on any atom is -0.541 e. The van der Waals surface area contributed by atoms with Crippen LogP contribution in [-0.4, -0.2) is 26.0 Å². The Hall–Kier alpha value is -1.00. The van der Waals surface area contributed by atoms with Crippen molar-refractivity contribution in [1.29, 1.82) is 0 Å². The number of phenols is 1. The van der Waals surface area contributed by atoms with Crippen molar-refractivity contribution in [3.8, 4) is 11.5 Å². The summed E-state index contributed by atoms with van der Waals surface area (Å²) >= 11 is 0. The van der Waals surface area contributed by atoms with Gasteiger partial charge in [-0.15, -0.1) is 0 Å². The molecule has 4 heteroatoms. The molecule has 1 atom stereocenters. The van der Waals surface area contributed by atoms with Crippen LogP contribution in [0.15, 0.2) is 12.1 Å². The fourth-order valence-electron chi connectivity index (χ4n) is 2.85. The molecule has 1 unspecified atom stereocenters. The highest BCUT2D eigenvalue weighted by Gasteiger charge is 2.40. The summed E-state index contributed by atoms with van der Waals surface area (Å²) in [4.78, 5) is 0. The van der Waals surface area contributed by atoms with E-state index in [0.717, 1.165) is 31.6 Å². The average molecular weight is 336 g/mol. The number of rotatable bonds is 5. The Kier molecular flexibility index (Phi) is 5.47. The lowest BCUT2D eigenvalue weighted by Crippen LogP contribution is -2.44. The lowest BCUT2D eigenvalue weighted by atomic mass is 9.87. The van der Waals surface area contributed by atoms with Crippen LogP contribution >= 0.6 is 0 Å². The van der Waals surface area contributed by atoms with Crippen LogP contribution in [0.2, 0.25) is 18.1 Å². The van der Waals surface area contributed by atoms with Gasteiger partial charge in [0.1, 0.15) is 5.75 Å². The first kappa shape index (κ1) is 18.3. The molecule has 0 bridgehead atoms. The SMILES string of the molecule is CCCNC1CCc2c(ccc(O)c2O[Si](C)(C)C(C)(C)C)C1. The predicted molar refractivity (Wildman–Crippen MR) is 100 cm³/mol. The molecule has 3 nitrogen and oxygen atoms in total. The summed E-state index contributed by atoms with van der Waals surface area (Å²) in [6, 6.07) is 4.43. The largest absolute Gasteiger partial charge is 0.541 e. The molecular weight excluding hydrogens is 302 g/mol. The summed E-state index contributed by atoms with van der Waals surface area (Å²) in [6.45, 7) is 14.4. The zero-order valence-corrected chi connectivity index (χ0v) is 16.6. The van der Waals surface area contributed by atoms with E-state index in [9.17, 15) is 5.11 Å². The van der Waals surface area contributed by atoms with Crippen molar-refractivity contribution in [2.45, 2.75) is 77.6 Å². The maximum absolute atomic E-state index is 10.4. The zero-order valence-electron chi connectivity index (χ0n) is 15.6. The number of hydrogen-bond acceptors (Lipinski definition) is 3. The third-order valence-electron chi connectivity index (χ3n) is 5.39. The Balaban J connectivity index is 2.26. The lowest BCUT2D eigenvalue weighted by molar-refractivity contribution is 0.406. The van der Waals surface area contributed by atoms with Gasteiger partial charge in [-0.3, -0.25) is 0 Å². The minimum atomic E-state index is -1.95. The van der Waals surface area contributed by atoms with Gasteiger partial charge >= 0.3 is 0 Å². The van der Waals surface area contributed by atoms with Gasteiger partial charge in [-0.1, -0.05) is 33.8 Å². The molecule has 0 fully saturated rings. The van der Waals surface area contributed by atoms with E-state index in [2.05, 4.69) is 52.2 Å². The Bertz CT molecular complexity index is 549. The summed E-state index contributed by atoms with van der Waals surface area (Å²) in [7, 11) is -1.95. The van der Waals surface area contributed by atoms with E-state index in [0.29, 0.717) is 11.8 Å². The molecule has 1 aromatic carbocycles. The molecule has 0 spiro atoms. The van der Waals surface area contributed by atoms with Crippen LogP contribution in [0.5, 0.6) is 11.5 Å². The van der Waals surface area contributed by atoms with Gasteiger partial charge in [-0.2, -0.15) is 0 Å². The molecule has 2 N–H and O–H groups in total. The number of fused-ring (bicyclic) bond motifs is 1. The van der Waals surface area contributed by atoms with E-state index in [1.807, 2.05) is 6.07 Å². The lowest BCUT2D eigenvalue weighted by Gasteiger charge is -2.38. The second kappa shape index (κ2) is 6.86. The molecule has 0 saturated carbocycles. The first-order valence-corrected chi connectivity index (χ1v) is 11.8. The Labute approximate surface area is 142 Å². The van der Waals surface area contributed by atoms with Crippen LogP contribution in [0.4, 0.5) is 0 Å². The van der Waals surface area contributed by atoms with Crippen molar-refractivity contribution in [2.75, 3.05) is 6.54 Å². The standard InChI is InChI=1S/C19H33NO2Si/c1-7-12-20-15-9-10-16-14(13-15)8-11-17(21)18(16)22-23(5,6)19(2,3)4/h8,11,15,20-21H,7,9-10,12-13H2,1-6H3. The topological polar surface area (TPSA) is 41.5 Å². The second-order valence-electron chi connectivity index (χ2n) is 8.31. The third kappa shape index (κ3) is 4.10. The van der Waals surface area contributed by atoms with E-state index in [4.69, 9.17) is 4.43 Å². The van der Waals surface area contributed by atoms with Crippen molar-refractivity contribution >= 4 is 8.32 Å². The molecule has 0 saturated heterocycles. The molecule has 0 heterocycles. The molecule has 0 aromatic heterocycles. The van der Waals surface area contributed by atoms with Crippen molar-refractivity contribution in [1.82, 2.24) is 5.32 Å². The first-order chi connectivity index (χ1) is 10.7. The van der Waals surface area contributed by atoms with E-state index < -0.39 is 8.32 Å². The predicted octanol–water partition coefficient (Wildman–Crippen LogP) is 4.63. The smallest absolute Gasteiger partial charge is 0.250 e. The summed E-state index contributed by atoms with van der Waals surface area (Å²) in [5.74, 6) is 1.05. The van der Waals surface area contributed by atoms with Crippen molar-refractivity contribution in [2.24, 2.45) is 0 Å². The molecule has 1 aliphatic carbocycles. The van der Waals surface area contributed by atoms with Crippen LogP contribution < -0.4 is 9.74 Å². The highest BCUT2D eigenvalue weighted by Crippen LogP contribution is 2.43. The molecular formula is C19H33NO2Si.